The van der Waals surface area contributed by atoms with Crippen LogP contribution in [0.3, 0.4) is 0 Å². The normalized spacial score (nSPS) is 20.0. The first-order chi connectivity index (χ1) is 12.8. The summed E-state index contributed by atoms with van der Waals surface area (Å²) in [5.41, 5.74) is 0.294. The van der Waals surface area contributed by atoms with Gasteiger partial charge in [-0.3, -0.25) is 24.8 Å². The minimum Gasteiger partial charge on any atom is -0.322 e. The minimum atomic E-state index is -4.56. The number of carbonyl (C=O) groups excluding carboxylic acids is 3. The molecule has 3 amide bonds. The number of nitrogens with one attached hydrogen (secondary N) is 2. The first-order valence-electron chi connectivity index (χ1n) is 8.15. The number of piperidine rings is 1. The van der Waals surface area contributed by atoms with Crippen LogP contribution in [0.25, 0.3) is 11.3 Å². The fourth-order valence-electron chi connectivity index (χ4n) is 3.43. The van der Waals surface area contributed by atoms with Gasteiger partial charge < -0.3 is 4.90 Å². The van der Waals surface area contributed by atoms with Crippen LogP contribution in [0, 0.1) is 0 Å². The molecule has 10 heteroatoms. The molecule has 1 aromatic heterocycles. The first kappa shape index (κ1) is 17.3. The summed E-state index contributed by atoms with van der Waals surface area (Å²) < 4.78 is 38.5. The zero-order valence-electron chi connectivity index (χ0n) is 13.8. The van der Waals surface area contributed by atoms with E-state index in [0.29, 0.717) is 16.7 Å². The number of nitrogens with zero attached hydrogens (tertiary/aromatic N) is 2. The van der Waals surface area contributed by atoms with Gasteiger partial charge in [0, 0.05) is 24.1 Å². The van der Waals surface area contributed by atoms with E-state index < -0.39 is 35.6 Å². The highest BCUT2D eigenvalue weighted by atomic mass is 19.4. The molecule has 0 bridgehead atoms. The van der Waals surface area contributed by atoms with Gasteiger partial charge in [-0.25, -0.2) is 0 Å². The van der Waals surface area contributed by atoms with Crippen LogP contribution in [-0.4, -0.2) is 38.9 Å². The van der Waals surface area contributed by atoms with Gasteiger partial charge in [0.05, 0.1) is 5.69 Å². The van der Waals surface area contributed by atoms with Crippen molar-refractivity contribution in [3.8, 4) is 11.3 Å². The highest BCUT2D eigenvalue weighted by Crippen LogP contribution is 2.36. The van der Waals surface area contributed by atoms with Crippen molar-refractivity contribution in [1.82, 2.24) is 20.4 Å². The van der Waals surface area contributed by atoms with Crippen LogP contribution in [-0.2, 0) is 22.3 Å². The first-order valence-corrected chi connectivity index (χ1v) is 8.15. The lowest BCUT2D eigenvalue weighted by atomic mass is 10.0. The Hall–Kier alpha value is -3.17. The van der Waals surface area contributed by atoms with E-state index in [0.717, 1.165) is 6.07 Å². The molecule has 0 radical (unpaired) electrons. The lowest BCUT2D eigenvalue weighted by Gasteiger charge is -2.29. The number of hydrogen-bond donors (Lipinski definition) is 2. The summed E-state index contributed by atoms with van der Waals surface area (Å²) in [6.07, 6.45) is -4.23. The van der Waals surface area contributed by atoms with Gasteiger partial charge in [0.1, 0.15) is 11.7 Å². The summed E-state index contributed by atoms with van der Waals surface area (Å²) in [6, 6.07) is 4.79. The zero-order valence-corrected chi connectivity index (χ0v) is 13.8. The Balaban J connectivity index is 1.68. The average molecular weight is 378 g/mol. The predicted molar refractivity (Wildman–Crippen MR) is 85.1 cm³/mol. The molecule has 7 nitrogen and oxygen atoms in total. The van der Waals surface area contributed by atoms with Crippen LogP contribution in [0.1, 0.15) is 34.5 Å². The maximum absolute atomic E-state index is 12.8. The van der Waals surface area contributed by atoms with Crippen LogP contribution in [0.4, 0.5) is 13.2 Å². The van der Waals surface area contributed by atoms with Crippen molar-refractivity contribution in [2.45, 2.75) is 31.6 Å². The zero-order chi connectivity index (χ0) is 19.3. The highest BCUT2D eigenvalue weighted by Gasteiger charge is 2.40. The number of H-pyrrole nitrogens is 1. The summed E-state index contributed by atoms with van der Waals surface area (Å²) in [7, 11) is 0. The van der Waals surface area contributed by atoms with Crippen molar-refractivity contribution < 1.29 is 27.6 Å². The Labute approximate surface area is 150 Å². The van der Waals surface area contributed by atoms with Gasteiger partial charge in [0.15, 0.2) is 0 Å². The maximum Gasteiger partial charge on any atom is 0.432 e. The van der Waals surface area contributed by atoms with E-state index in [9.17, 15) is 27.6 Å². The summed E-state index contributed by atoms with van der Waals surface area (Å²) in [5, 5.41) is 7.88. The summed E-state index contributed by atoms with van der Waals surface area (Å²) in [5.74, 6) is -1.33. The quantitative estimate of drug-likeness (QED) is 0.780. The third-order valence-electron chi connectivity index (χ3n) is 4.74. The standard InChI is InChI=1S/C17H13F3N4O3/c18-17(19,20)13-6-11(22-23-13)8-2-1-3-9-10(8)7-24(16(9)27)12-4-5-14(25)21-15(12)26/h1-3,6,12H,4-5,7H2,(H,22,23)(H,21,25,26). The van der Waals surface area contributed by atoms with Gasteiger partial charge in [0.25, 0.3) is 5.91 Å². The monoisotopic (exact) mass is 378 g/mol. The van der Waals surface area contributed by atoms with Gasteiger partial charge in [-0.2, -0.15) is 18.3 Å². The summed E-state index contributed by atoms with van der Waals surface area (Å²) >= 11 is 0. The van der Waals surface area contributed by atoms with Crippen molar-refractivity contribution in [2.24, 2.45) is 0 Å². The number of carbonyl (C=O) groups is 3. The van der Waals surface area contributed by atoms with E-state index in [1.165, 1.54) is 4.90 Å². The van der Waals surface area contributed by atoms with Crippen LogP contribution < -0.4 is 5.32 Å². The maximum atomic E-state index is 12.8. The lowest BCUT2D eigenvalue weighted by molar-refractivity contribution is -0.141. The van der Waals surface area contributed by atoms with Crippen molar-refractivity contribution in [1.29, 1.82) is 0 Å². The number of imide groups is 1. The van der Waals surface area contributed by atoms with E-state index in [2.05, 4.69) is 10.4 Å². The summed E-state index contributed by atoms with van der Waals surface area (Å²) in [4.78, 5) is 37.5. The molecule has 0 saturated carbocycles. The number of hydrogen-bond acceptors (Lipinski definition) is 4. The number of benzene rings is 1. The van der Waals surface area contributed by atoms with Gasteiger partial charge in [-0.15, -0.1) is 0 Å². The van der Waals surface area contributed by atoms with Crippen molar-refractivity contribution in [3.63, 3.8) is 0 Å². The highest BCUT2D eigenvalue weighted by molar-refractivity contribution is 6.06. The van der Waals surface area contributed by atoms with Crippen LogP contribution in [0.5, 0.6) is 0 Å². The Bertz CT molecular complexity index is 967. The molecule has 2 N–H and O–H groups in total. The van der Waals surface area contributed by atoms with E-state index in [-0.39, 0.29) is 25.1 Å². The topological polar surface area (TPSA) is 95.2 Å². The smallest absolute Gasteiger partial charge is 0.322 e. The molecule has 0 spiro atoms. The SMILES string of the molecule is O=C1CCC(N2Cc3c(cccc3-c3cc(C(F)(F)F)[nH]n3)C2=O)C(=O)N1. The van der Waals surface area contributed by atoms with Gasteiger partial charge in [-0.1, -0.05) is 12.1 Å². The molecule has 140 valence electrons. The second-order valence-corrected chi connectivity index (χ2v) is 6.40. The van der Waals surface area contributed by atoms with Crippen LogP contribution in [0.15, 0.2) is 24.3 Å². The van der Waals surface area contributed by atoms with Gasteiger partial charge >= 0.3 is 6.18 Å². The Morgan fingerprint density at radius 3 is 2.56 bits per heavy atom. The van der Waals surface area contributed by atoms with E-state index >= 15 is 0 Å². The molecule has 3 heterocycles. The number of rotatable bonds is 2. The van der Waals surface area contributed by atoms with Crippen molar-refractivity contribution in [3.05, 3.63) is 41.1 Å². The van der Waals surface area contributed by atoms with Crippen LogP contribution in [0.2, 0.25) is 0 Å². The Kier molecular flexibility index (Phi) is 3.79. The molecule has 2 aliphatic rings. The molecule has 0 aliphatic carbocycles. The van der Waals surface area contributed by atoms with E-state index in [1.807, 2.05) is 5.10 Å². The van der Waals surface area contributed by atoms with Gasteiger partial charge in [0.2, 0.25) is 11.8 Å². The number of aromatic amines is 1. The lowest BCUT2D eigenvalue weighted by Crippen LogP contribution is -2.52. The molecule has 2 aromatic rings. The molecule has 2 aliphatic heterocycles. The van der Waals surface area contributed by atoms with E-state index in [1.54, 1.807) is 18.2 Å². The number of aromatic nitrogens is 2. The molecule has 1 unspecified atom stereocenters. The average Bonchev–Trinajstić information content (AvgIpc) is 3.21. The molecular formula is C17H13F3N4O3. The number of halogens is 3. The number of amides is 3. The Morgan fingerprint density at radius 2 is 1.89 bits per heavy atom. The minimum absolute atomic E-state index is 0.0603. The van der Waals surface area contributed by atoms with Crippen molar-refractivity contribution in [2.75, 3.05) is 0 Å². The van der Waals surface area contributed by atoms with Gasteiger partial charge in [-0.05, 0) is 24.1 Å². The molecule has 27 heavy (non-hydrogen) atoms. The predicted octanol–water partition coefficient (Wildman–Crippen LogP) is 1.86. The Morgan fingerprint density at radius 1 is 1.15 bits per heavy atom. The largest absolute Gasteiger partial charge is 0.432 e. The van der Waals surface area contributed by atoms with Crippen LogP contribution >= 0.6 is 0 Å². The van der Waals surface area contributed by atoms with E-state index in [4.69, 9.17) is 0 Å². The summed E-state index contributed by atoms with van der Waals surface area (Å²) in [6.45, 7) is 0.0603. The number of alkyl halides is 3. The molecular weight excluding hydrogens is 365 g/mol. The third-order valence-corrected chi connectivity index (χ3v) is 4.74. The molecule has 1 saturated heterocycles. The van der Waals surface area contributed by atoms with Crippen molar-refractivity contribution >= 4 is 17.7 Å². The fraction of sp³-hybridized carbons (Fsp3) is 0.294. The molecule has 1 aromatic carbocycles. The molecule has 4 rings (SSSR count). The molecule has 1 fully saturated rings. The fourth-order valence-corrected chi connectivity index (χ4v) is 3.43. The third kappa shape index (κ3) is 2.86. The number of fused-ring (bicyclic) bond motifs is 1. The second-order valence-electron chi connectivity index (χ2n) is 6.40. The molecule has 1 atom stereocenters. The second kappa shape index (κ2) is 5.93.